The third-order valence-corrected chi connectivity index (χ3v) is 4.32. The Labute approximate surface area is 127 Å². The lowest BCUT2D eigenvalue weighted by Gasteiger charge is -2.10. The van der Waals surface area contributed by atoms with Gasteiger partial charge in [0.15, 0.2) is 0 Å². The standard InChI is InChI=1S/C13H26N4O3S/c1-4-5-14-6-7-17-10-13(9-15-17)21(18,19)16-8-12(2)11-20-3/h9-10,12,14,16H,4-8,11H2,1-3H3. The van der Waals surface area contributed by atoms with Crippen molar-refractivity contribution in [3.63, 3.8) is 0 Å². The summed E-state index contributed by atoms with van der Waals surface area (Å²) in [5.41, 5.74) is 0. The Balaban J connectivity index is 2.49. The van der Waals surface area contributed by atoms with E-state index in [1.807, 2.05) is 6.92 Å². The highest BCUT2D eigenvalue weighted by Gasteiger charge is 2.17. The van der Waals surface area contributed by atoms with Gasteiger partial charge in [-0.15, -0.1) is 0 Å². The first kappa shape index (κ1) is 18.1. The van der Waals surface area contributed by atoms with E-state index >= 15 is 0 Å². The normalized spacial score (nSPS) is 13.5. The van der Waals surface area contributed by atoms with Crippen molar-refractivity contribution in [2.75, 3.05) is 33.4 Å². The Morgan fingerprint density at radius 1 is 1.43 bits per heavy atom. The van der Waals surface area contributed by atoms with Crippen LogP contribution in [0.1, 0.15) is 20.3 Å². The Hall–Kier alpha value is -0.960. The van der Waals surface area contributed by atoms with Gasteiger partial charge in [0, 0.05) is 33.0 Å². The fourth-order valence-electron chi connectivity index (χ4n) is 1.78. The Morgan fingerprint density at radius 3 is 2.86 bits per heavy atom. The molecule has 7 nitrogen and oxygen atoms in total. The molecular weight excluding hydrogens is 292 g/mol. The maximum absolute atomic E-state index is 12.1. The van der Waals surface area contributed by atoms with Crippen LogP contribution in [0.4, 0.5) is 0 Å². The van der Waals surface area contributed by atoms with Crippen molar-refractivity contribution in [1.29, 1.82) is 0 Å². The van der Waals surface area contributed by atoms with Gasteiger partial charge in [0.1, 0.15) is 4.90 Å². The van der Waals surface area contributed by atoms with Crippen LogP contribution in [0, 0.1) is 5.92 Å². The summed E-state index contributed by atoms with van der Waals surface area (Å²) in [6, 6.07) is 0. The third kappa shape index (κ3) is 6.56. The molecule has 1 rings (SSSR count). The van der Waals surface area contributed by atoms with Crippen LogP contribution in [0.2, 0.25) is 0 Å². The first-order valence-electron chi connectivity index (χ1n) is 7.21. The van der Waals surface area contributed by atoms with Crippen LogP contribution in [-0.2, 0) is 21.3 Å². The van der Waals surface area contributed by atoms with Crippen LogP contribution in [0.3, 0.4) is 0 Å². The van der Waals surface area contributed by atoms with Crippen molar-refractivity contribution in [2.24, 2.45) is 5.92 Å². The van der Waals surface area contributed by atoms with E-state index in [0.29, 0.717) is 19.7 Å². The summed E-state index contributed by atoms with van der Waals surface area (Å²) in [6.07, 6.45) is 4.00. The number of rotatable bonds is 11. The summed E-state index contributed by atoms with van der Waals surface area (Å²) in [7, 11) is -1.90. The molecule has 0 fully saturated rings. The van der Waals surface area contributed by atoms with Gasteiger partial charge in [-0.25, -0.2) is 13.1 Å². The van der Waals surface area contributed by atoms with Crippen LogP contribution in [0.5, 0.6) is 0 Å². The van der Waals surface area contributed by atoms with Crippen molar-refractivity contribution in [2.45, 2.75) is 31.7 Å². The molecule has 0 aromatic carbocycles. The zero-order valence-corrected chi connectivity index (χ0v) is 13.8. The van der Waals surface area contributed by atoms with Crippen LogP contribution in [0.25, 0.3) is 0 Å². The summed E-state index contributed by atoms with van der Waals surface area (Å²) < 4.78 is 33.4. The molecule has 8 heteroatoms. The lowest BCUT2D eigenvalue weighted by molar-refractivity contribution is 0.161. The fourth-order valence-corrected chi connectivity index (χ4v) is 2.90. The van der Waals surface area contributed by atoms with Gasteiger partial charge in [-0.3, -0.25) is 4.68 Å². The van der Waals surface area contributed by atoms with Crippen molar-refractivity contribution >= 4 is 10.0 Å². The molecule has 2 N–H and O–H groups in total. The van der Waals surface area contributed by atoms with Crippen molar-refractivity contribution in [1.82, 2.24) is 19.8 Å². The SMILES string of the molecule is CCCNCCn1cc(S(=O)(=O)NCC(C)COC)cn1. The minimum absolute atomic E-state index is 0.123. The van der Waals surface area contributed by atoms with E-state index in [4.69, 9.17) is 4.74 Å². The van der Waals surface area contributed by atoms with Gasteiger partial charge in [0.05, 0.1) is 12.7 Å². The number of hydrogen-bond acceptors (Lipinski definition) is 5. The van der Waals surface area contributed by atoms with E-state index < -0.39 is 10.0 Å². The molecule has 1 atom stereocenters. The maximum Gasteiger partial charge on any atom is 0.243 e. The van der Waals surface area contributed by atoms with Gasteiger partial charge in [0.25, 0.3) is 0 Å². The Morgan fingerprint density at radius 2 is 2.19 bits per heavy atom. The molecule has 0 aliphatic heterocycles. The first-order valence-corrected chi connectivity index (χ1v) is 8.69. The Bertz CT molecular complexity index is 501. The van der Waals surface area contributed by atoms with Crippen molar-refractivity contribution < 1.29 is 13.2 Å². The van der Waals surface area contributed by atoms with Crippen LogP contribution in [-0.4, -0.2) is 51.5 Å². The summed E-state index contributed by atoms with van der Waals surface area (Å²) in [6.45, 7) is 7.26. The number of ether oxygens (including phenoxy) is 1. The molecule has 0 saturated carbocycles. The number of sulfonamides is 1. The highest BCUT2D eigenvalue weighted by atomic mass is 32.2. The molecule has 0 saturated heterocycles. The molecule has 0 aliphatic rings. The van der Waals surface area contributed by atoms with E-state index in [9.17, 15) is 8.42 Å². The van der Waals surface area contributed by atoms with E-state index in [1.54, 1.807) is 18.0 Å². The summed E-state index contributed by atoms with van der Waals surface area (Å²) >= 11 is 0. The molecule has 21 heavy (non-hydrogen) atoms. The van der Waals surface area contributed by atoms with E-state index in [0.717, 1.165) is 19.5 Å². The number of nitrogens with one attached hydrogen (secondary N) is 2. The van der Waals surface area contributed by atoms with Gasteiger partial charge < -0.3 is 10.1 Å². The smallest absolute Gasteiger partial charge is 0.243 e. The van der Waals surface area contributed by atoms with Crippen LogP contribution in [0.15, 0.2) is 17.3 Å². The van der Waals surface area contributed by atoms with Gasteiger partial charge in [-0.05, 0) is 18.9 Å². The summed E-state index contributed by atoms with van der Waals surface area (Å²) in [5, 5.41) is 7.32. The highest BCUT2D eigenvalue weighted by molar-refractivity contribution is 7.89. The molecule has 0 spiro atoms. The van der Waals surface area contributed by atoms with Crippen LogP contribution >= 0.6 is 0 Å². The zero-order chi connectivity index (χ0) is 15.7. The van der Waals surface area contributed by atoms with Crippen molar-refractivity contribution in [3.05, 3.63) is 12.4 Å². The number of aromatic nitrogens is 2. The number of methoxy groups -OCH3 is 1. The fraction of sp³-hybridized carbons (Fsp3) is 0.769. The molecular formula is C13H26N4O3S. The lowest BCUT2D eigenvalue weighted by atomic mass is 10.2. The van der Waals surface area contributed by atoms with E-state index in [-0.39, 0.29) is 10.8 Å². The molecule has 122 valence electrons. The first-order chi connectivity index (χ1) is 9.99. The number of hydrogen-bond donors (Lipinski definition) is 2. The largest absolute Gasteiger partial charge is 0.384 e. The van der Waals surface area contributed by atoms with Crippen LogP contribution < -0.4 is 10.0 Å². The highest BCUT2D eigenvalue weighted by Crippen LogP contribution is 2.07. The van der Waals surface area contributed by atoms with Gasteiger partial charge >= 0.3 is 0 Å². The minimum atomic E-state index is -3.50. The quantitative estimate of drug-likeness (QED) is 0.579. The van der Waals surface area contributed by atoms with Crippen molar-refractivity contribution in [3.8, 4) is 0 Å². The van der Waals surface area contributed by atoms with E-state index in [1.165, 1.54) is 6.20 Å². The molecule has 0 bridgehead atoms. The second-order valence-electron chi connectivity index (χ2n) is 5.10. The predicted molar refractivity (Wildman–Crippen MR) is 81.6 cm³/mol. The van der Waals surface area contributed by atoms with Gasteiger partial charge in [-0.2, -0.15) is 5.10 Å². The second kappa shape index (κ2) is 9.14. The third-order valence-electron chi connectivity index (χ3n) is 2.94. The second-order valence-corrected chi connectivity index (χ2v) is 6.87. The molecule has 1 aromatic heterocycles. The Kier molecular flexibility index (Phi) is 7.87. The molecule has 1 aromatic rings. The minimum Gasteiger partial charge on any atom is -0.384 e. The summed E-state index contributed by atoms with van der Waals surface area (Å²) in [5.74, 6) is 0.123. The summed E-state index contributed by atoms with van der Waals surface area (Å²) in [4.78, 5) is 0.197. The molecule has 0 amide bonds. The maximum atomic E-state index is 12.1. The predicted octanol–water partition coefficient (Wildman–Crippen LogP) is 0.444. The molecule has 0 radical (unpaired) electrons. The molecule has 1 heterocycles. The average Bonchev–Trinajstić information content (AvgIpc) is 2.92. The monoisotopic (exact) mass is 318 g/mol. The lowest BCUT2D eigenvalue weighted by Crippen LogP contribution is -2.29. The molecule has 0 aliphatic carbocycles. The van der Waals surface area contributed by atoms with E-state index in [2.05, 4.69) is 22.1 Å². The average molecular weight is 318 g/mol. The van der Waals surface area contributed by atoms with Gasteiger partial charge in [0.2, 0.25) is 10.0 Å². The number of nitrogens with zero attached hydrogens (tertiary/aromatic N) is 2. The zero-order valence-electron chi connectivity index (χ0n) is 13.0. The molecule has 1 unspecified atom stereocenters. The topological polar surface area (TPSA) is 85.2 Å². The van der Waals surface area contributed by atoms with Gasteiger partial charge in [-0.1, -0.05) is 13.8 Å².